The van der Waals surface area contributed by atoms with E-state index in [2.05, 4.69) is 38.2 Å². The first-order chi connectivity index (χ1) is 5.27. The molecule has 0 spiro atoms. The third-order valence-corrected chi connectivity index (χ3v) is 3.31. The highest BCUT2D eigenvalue weighted by Crippen LogP contribution is 2.27. The van der Waals surface area contributed by atoms with Gasteiger partial charge in [0.1, 0.15) is 0 Å². The molecule has 66 valence electrons. The molecular weight excluding hydrogens is 251 g/mol. The maximum atomic E-state index is 3.26. The van der Waals surface area contributed by atoms with E-state index in [1.807, 2.05) is 7.05 Å². The van der Waals surface area contributed by atoms with E-state index in [0.717, 1.165) is 11.8 Å². The molecule has 0 aromatic rings. The number of rotatable bonds is 3. The minimum Gasteiger partial charge on any atom is -0.319 e. The summed E-state index contributed by atoms with van der Waals surface area (Å²) < 4.78 is 2.41. The van der Waals surface area contributed by atoms with Crippen LogP contribution in [0.4, 0.5) is 0 Å². The van der Waals surface area contributed by atoms with Gasteiger partial charge in [-0.3, -0.25) is 0 Å². The number of hydrogen-bond acceptors (Lipinski definition) is 2. The fourth-order valence-corrected chi connectivity index (χ4v) is 2.85. The molecule has 2 nitrogen and oxygen atoms in total. The van der Waals surface area contributed by atoms with Crippen molar-refractivity contribution in [3.8, 4) is 0 Å². The van der Waals surface area contributed by atoms with Gasteiger partial charge in [0.05, 0.1) is 0 Å². The van der Waals surface area contributed by atoms with E-state index in [1.54, 1.807) is 0 Å². The van der Waals surface area contributed by atoms with E-state index in [0.29, 0.717) is 0 Å². The molecule has 3 heteroatoms. The topological polar surface area (TPSA) is 15.3 Å². The van der Waals surface area contributed by atoms with Crippen LogP contribution >= 0.6 is 22.9 Å². The van der Waals surface area contributed by atoms with Crippen molar-refractivity contribution < 1.29 is 0 Å². The van der Waals surface area contributed by atoms with E-state index in [-0.39, 0.29) is 0 Å². The summed E-state index contributed by atoms with van der Waals surface area (Å²) >= 11 is 2.43. The maximum absolute atomic E-state index is 3.26. The Morgan fingerprint density at radius 2 is 2.09 bits per heavy atom. The zero-order chi connectivity index (χ0) is 8.27. The van der Waals surface area contributed by atoms with Gasteiger partial charge < -0.3 is 5.32 Å². The lowest BCUT2D eigenvalue weighted by molar-refractivity contribution is 0.396. The van der Waals surface area contributed by atoms with Crippen LogP contribution in [0.15, 0.2) is 0 Å². The van der Waals surface area contributed by atoms with Crippen molar-refractivity contribution in [2.75, 3.05) is 26.7 Å². The number of nitrogens with zero attached hydrogens (tertiary/aromatic N) is 1. The number of hydrogen-bond donors (Lipinski definition) is 1. The Morgan fingerprint density at radius 3 is 2.64 bits per heavy atom. The zero-order valence-corrected chi connectivity index (χ0v) is 9.47. The van der Waals surface area contributed by atoms with Gasteiger partial charge in [-0.25, -0.2) is 3.11 Å². The largest absolute Gasteiger partial charge is 0.319 e. The summed E-state index contributed by atoms with van der Waals surface area (Å²) in [6, 6.07) is 0. The highest BCUT2D eigenvalue weighted by Gasteiger charge is 2.29. The maximum Gasteiger partial charge on any atom is 0.0201 e. The van der Waals surface area contributed by atoms with E-state index >= 15 is 0 Å². The van der Waals surface area contributed by atoms with Gasteiger partial charge in [-0.1, -0.05) is 13.3 Å². The molecule has 2 atom stereocenters. The molecule has 1 aliphatic heterocycles. The SMILES string of the molecule is CCC1CN(I)CC1CNC. The Hall–Kier alpha value is 0.650. The Balaban J connectivity index is 2.37. The fraction of sp³-hybridized carbons (Fsp3) is 1.00. The molecule has 1 saturated heterocycles. The van der Waals surface area contributed by atoms with Crippen LogP contribution in [-0.4, -0.2) is 29.8 Å². The van der Waals surface area contributed by atoms with Crippen molar-refractivity contribution in [1.82, 2.24) is 8.43 Å². The van der Waals surface area contributed by atoms with Crippen molar-refractivity contribution >= 4 is 22.9 Å². The summed E-state index contributed by atoms with van der Waals surface area (Å²) in [7, 11) is 2.04. The van der Waals surface area contributed by atoms with Crippen molar-refractivity contribution in [3.05, 3.63) is 0 Å². The van der Waals surface area contributed by atoms with Crippen LogP contribution in [-0.2, 0) is 0 Å². The molecule has 1 aliphatic rings. The monoisotopic (exact) mass is 268 g/mol. The van der Waals surface area contributed by atoms with Gasteiger partial charge in [0.15, 0.2) is 0 Å². The zero-order valence-electron chi connectivity index (χ0n) is 7.31. The molecule has 11 heavy (non-hydrogen) atoms. The Bertz CT molecular complexity index is 119. The lowest BCUT2D eigenvalue weighted by atomic mass is 9.94. The molecule has 1 N–H and O–H groups in total. The predicted molar refractivity (Wildman–Crippen MR) is 56.8 cm³/mol. The first-order valence-electron chi connectivity index (χ1n) is 4.33. The smallest absolute Gasteiger partial charge is 0.0201 e. The van der Waals surface area contributed by atoms with Crippen LogP contribution in [0, 0.1) is 11.8 Å². The van der Waals surface area contributed by atoms with Gasteiger partial charge in [0, 0.05) is 36.0 Å². The van der Waals surface area contributed by atoms with Gasteiger partial charge in [-0.2, -0.15) is 0 Å². The third-order valence-electron chi connectivity index (χ3n) is 2.52. The molecule has 0 aromatic carbocycles. The molecule has 1 fully saturated rings. The van der Waals surface area contributed by atoms with Crippen LogP contribution in [0.1, 0.15) is 13.3 Å². The summed E-state index contributed by atoms with van der Waals surface area (Å²) in [6.45, 7) is 6.02. The van der Waals surface area contributed by atoms with Gasteiger partial charge in [0.25, 0.3) is 0 Å². The molecular formula is C8H17IN2. The van der Waals surface area contributed by atoms with Gasteiger partial charge >= 0.3 is 0 Å². The minimum atomic E-state index is 0.877. The molecule has 0 bridgehead atoms. The predicted octanol–water partition coefficient (Wildman–Crippen LogP) is 1.51. The summed E-state index contributed by atoms with van der Waals surface area (Å²) in [4.78, 5) is 0. The van der Waals surface area contributed by atoms with Crippen molar-refractivity contribution in [2.45, 2.75) is 13.3 Å². The van der Waals surface area contributed by atoms with Crippen LogP contribution in [0.5, 0.6) is 0 Å². The second-order valence-electron chi connectivity index (χ2n) is 3.31. The average molecular weight is 268 g/mol. The van der Waals surface area contributed by atoms with Crippen molar-refractivity contribution in [2.24, 2.45) is 11.8 Å². The van der Waals surface area contributed by atoms with Gasteiger partial charge in [-0.05, 0) is 25.4 Å². The molecule has 0 radical (unpaired) electrons. The molecule has 0 aliphatic carbocycles. The normalized spacial score (nSPS) is 33.0. The number of halogens is 1. The molecule has 1 rings (SSSR count). The Morgan fingerprint density at radius 1 is 1.45 bits per heavy atom. The molecule has 0 saturated carbocycles. The van der Waals surface area contributed by atoms with Crippen molar-refractivity contribution in [1.29, 1.82) is 0 Å². The summed E-state index contributed by atoms with van der Waals surface area (Å²) in [5, 5.41) is 3.26. The second kappa shape index (κ2) is 4.62. The van der Waals surface area contributed by atoms with Crippen LogP contribution in [0.25, 0.3) is 0 Å². The summed E-state index contributed by atoms with van der Waals surface area (Å²) in [6.07, 6.45) is 1.33. The first kappa shape index (κ1) is 9.74. The summed E-state index contributed by atoms with van der Waals surface area (Å²) in [5.74, 6) is 1.79. The lowest BCUT2D eigenvalue weighted by Gasteiger charge is -2.15. The van der Waals surface area contributed by atoms with Crippen LogP contribution in [0.2, 0.25) is 0 Å². The van der Waals surface area contributed by atoms with Crippen LogP contribution in [0.3, 0.4) is 0 Å². The quantitative estimate of drug-likeness (QED) is 0.616. The Labute approximate surface area is 83.2 Å². The fourth-order valence-electron chi connectivity index (χ4n) is 1.84. The highest BCUT2D eigenvalue weighted by molar-refractivity contribution is 14.1. The molecule has 2 unspecified atom stereocenters. The van der Waals surface area contributed by atoms with Gasteiger partial charge in [-0.15, -0.1) is 0 Å². The Kier molecular flexibility index (Phi) is 4.09. The molecule has 1 heterocycles. The van der Waals surface area contributed by atoms with Crippen molar-refractivity contribution in [3.63, 3.8) is 0 Å². The first-order valence-corrected chi connectivity index (χ1v) is 5.29. The molecule has 0 amide bonds. The van der Waals surface area contributed by atoms with E-state index < -0.39 is 0 Å². The standard InChI is InChI=1S/C8H17IN2/c1-3-7-5-11(9)6-8(7)4-10-2/h7-8,10H,3-6H2,1-2H3. The average Bonchev–Trinajstić information content (AvgIpc) is 2.32. The van der Waals surface area contributed by atoms with Gasteiger partial charge in [0.2, 0.25) is 0 Å². The van der Waals surface area contributed by atoms with Crippen LogP contribution < -0.4 is 5.32 Å². The second-order valence-corrected chi connectivity index (χ2v) is 4.68. The lowest BCUT2D eigenvalue weighted by Crippen LogP contribution is -2.24. The highest BCUT2D eigenvalue weighted by atomic mass is 127. The van der Waals surface area contributed by atoms with E-state index in [4.69, 9.17) is 0 Å². The number of nitrogens with one attached hydrogen (secondary N) is 1. The van der Waals surface area contributed by atoms with E-state index in [9.17, 15) is 0 Å². The minimum absolute atomic E-state index is 0.877. The third kappa shape index (κ3) is 2.56. The summed E-state index contributed by atoms with van der Waals surface area (Å²) in [5.41, 5.74) is 0. The molecule has 0 aromatic heterocycles. The van der Waals surface area contributed by atoms with E-state index in [1.165, 1.54) is 26.1 Å².